The van der Waals surface area contributed by atoms with E-state index in [1.54, 1.807) is 10.7 Å². The zero-order valence-electron chi connectivity index (χ0n) is 12.7. The minimum Gasteiger partial charge on any atom is -0.365 e. The largest absolute Gasteiger partial charge is 0.365 e. The molecular formula is C15H17FN6O. The molecule has 0 aromatic carbocycles. The molecule has 23 heavy (non-hydrogen) atoms. The van der Waals surface area contributed by atoms with E-state index in [9.17, 15) is 9.18 Å². The first kappa shape index (κ1) is 16.4. The summed E-state index contributed by atoms with van der Waals surface area (Å²) in [6.07, 6.45) is 4.71. The summed E-state index contributed by atoms with van der Waals surface area (Å²) in [7, 11) is 0. The summed E-state index contributed by atoms with van der Waals surface area (Å²) in [4.78, 5) is 15.1. The van der Waals surface area contributed by atoms with Crippen molar-refractivity contribution in [1.29, 1.82) is 5.26 Å². The van der Waals surface area contributed by atoms with Gasteiger partial charge in [0.05, 0.1) is 18.5 Å². The molecule has 0 fully saturated rings. The Morgan fingerprint density at radius 2 is 2.39 bits per heavy atom. The molecule has 8 heteroatoms. The summed E-state index contributed by atoms with van der Waals surface area (Å²) in [6.45, 7) is 2.00. The number of pyridine rings is 1. The first-order valence-electron chi connectivity index (χ1n) is 7.19. The number of primary amides is 1. The minimum atomic E-state index is -0.652. The zero-order valence-corrected chi connectivity index (χ0v) is 12.7. The SMILES string of the molecule is CCCC(CC#N)n1cc(C(N)=O)c(Nc2ccnc(F)c2)n1. The van der Waals surface area contributed by atoms with Crippen LogP contribution in [0.25, 0.3) is 0 Å². The van der Waals surface area contributed by atoms with Crippen LogP contribution < -0.4 is 11.1 Å². The number of nitrogens with zero attached hydrogens (tertiary/aromatic N) is 4. The number of nitriles is 1. The second-order valence-electron chi connectivity index (χ2n) is 5.03. The van der Waals surface area contributed by atoms with Crippen molar-refractivity contribution in [3.05, 3.63) is 36.0 Å². The molecule has 0 aliphatic heterocycles. The van der Waals surface area contributed by atoms with Gasteiger partial charge in [-0.1, -0.05) is 13.3 Å². The maximum absolute atomic E-state index is 13.2. The van der Waals surface area contributed by atoms with Crippen molar-refractivity contribution in [2.75, 3.05) is 5.32 Å². The molecule has 3 N–H and O–H groups in total. The van der Waals surface area contributed by atoms with Crippen LogP contribution in [0.2, 0.25) is 0 Å². The highest BCUT2D eigenvalue weighted by Crippen LogP contribution is 2.24. The van der Waals surface area contributed by atoms with Gasteiger partial charge in [-0.25, -0.2) is 4.98 Å². The third kappa shape index (κ3) is 4.03. The lowest BCUT2D eigenvalue weighted by Gasteiger charge is -2.12. The van der Waals surface area contributed by atoms with Crippen LogP contribution in [-0.4, -0.2) is 20.7 Å². The van der Waals surface area contributed by atoms with Gasteiger partial charge in [0.1, 0.15) is 5.56 Å². The average molecular weight is 316 g/mol. The Hall–Kier alpha value is -2.95. The molecule has 0 bridgehead atoms. The first-order valence-corrected chi connectivity index (χ1v) is 7.19. The second kappa shape index (κ2) is 7.35. The number of amides is 1. The van der Waals surface area contributed by atoms with Crippen LogP contribution in [0.4, 0.5) is 15.9 Å². The van der Waals surface area contributed by atoms with E-state index in [1.807, 2.05) is 6.92 Å². The van der Waals surface area contributed by atoms with Crippen LogP contribution in [0.3, 0.4) is 0 Å². The van der Waals surface area contributed by atoms with E-state index in [0.29, 0.717) is 5.69 Å². The summed E-state index contributed by atoms with van der Waals surface area (Å²) in [5.41, 5.74) is 5.96. The number of aromatic nitrogens is 3. The van der Waals surface area contributed by atoms with Gasteiger partial charge in [0.25, 0.3) is 5.91 Å². The van der Waals surface area contributed by atoms with Gasteiger partial charge in [-0.3, -0.25) is 9.48 Å². The number of hydrogen-bond acceptors (Lipinski definition) is 5. The van der Waals surface area contributed by atoms with Crippen molar-refractivity contribution in [2.24, 2.45) is 5.73 Å². The Morgan fingerprint density at radius 1 is 1.61 bits per heavy atom. The van der Waals surface area contributed by atoms with Gasteiger partial charge in [-0.15, -0.1) is 0 Å². The van der Waals surface area contributed by atoms with E-state index in [0.717, 1.165) is 12.8 Å². The fourth-order valence-corrected chi connectivity index (χ4v) is 2.23. The first-order chi connectivity index (χ1) is 11.0. The molecule has 1 amide bonds. The Bertz CT molecular complexity index is 736. The quantitative estimate of drug-likeness (QED) is 0.763. The number of rotatable bonds is 7. The van der Waals surface area contributed by atoms with Gasteiger partial charge in [0.2, 0.25) is 5.95 Å². The smallest absolute Gasteiger partial charge is 0.254 e. The number of hydrogen-bond donors (Lipinski definition) is 2. The maximum atomic E-state index is 13.2. The lowest BCUT2D eigenvalue weighted by atomic mass is 10.1. The lowest BCUT2D eigenvalue weighted by molar-refractivity contribution is 0.100. The number of carbonyl (C=O) groups excluding carboxylic acids is 1. The van der Waals surface area contributed by atoms with Gasteiger partial charge in [-0.05, 0) is 12.5 Å². The highest BCUT2D eigenvalue weighted by atomic mass is 19.1. The second-order valence-corrected chi connectivity index (χ2v) is 5.03. The number of nitrogens with one attached hydrogen (secondary N) is 1. The van der Waals surface area contributed by atoms with E-state index in [-0.39, 0.29) is 23.8 Å². The molecule has 0 aliphatic carbocycles. The van der Waals surface area contributed by atoms with Crippen LogP contribution in [0.1, 0.15) is 42.6 Å². The molecule has 0 aliphatic rings. The third-order valence-corrected chi connectivity index (χ3v) is 3.31. The van der Waals surface area contributed by atoms with Crippen molar-refractivity contribution < 1.29 is 9.18 Å². The summed E-state index contributed by atoms with van der Waals surface area (Å²) in [5.74, 6) is -1.08. The lowest BCUT2D eigenvalue weighted by Crippen LogP contribution is -2.12. The summed E-state index contributed by atoms with van der Waals surface area (Å²) in [6, 6.07) is 4.70. The molecule has 2 aromatic rings. The van der Waals surface area contributed by atoms with Crippen molar-refractivity contribution in [3.8, 4) is 6.07 Å². The van der Waals surface area contributed by atoms with Crippen LogP contribution in [-0.2, 0) is 0 Å². The molecule has 120 valence electrons. The highest BCUT2D eigenvalue weighted by Gasteiger charge is 2.19. The van der Waals surface area contributed by atoms with Crippen molar-refractivity contribution in [1.82, 2.24) is 14.8 Å². The predicted molar refractivity (Wildman–Crippen MR) is 82.4 cm³/mol. The number of halogens is 1. The molecule has 1 atom stereocenters. The fourth-order valence-electron chi connectivity index (χ4n) is 2.23. The minimum absolute atomic E-state index is 0.146. The van der Waals surface area contributed by atoms with Crippen LogP contribution in [0.15, 0.2) is 24.5 Å². The molecule has 2 aromatic heterocycles. The molecule has 0 saturated heterocycles. The molecule has 2 rings (SSSR count). The number of anilines is 2. The zero-order chi connectivity index (χ0) is 16.8. The monoisotopic (exact) mass is 316 g/mol. The van der Waals surface area contributed by atoms with Gasteiger partial charge < -0.3 is 11.1 Å². The van der Waals surface area contributed by atoms with Crippen molar-refractivity contribution in [3.63, 3.8) is 0 Å². The number of carbonyl (C=O) groups is 1. The van der Waals surface area contributed by atoms with Crippen molar-refractivity contribution >= 4 is 17.4 Å². The summed E-state index contributed by atoms with van der Waals surface area (Å²) in [5, 5.41) is 16.1. The highest BCUT2D eigenvalue weighted by molar-refractivity contribution is 5.98. The Morgan fingerprint density at radius 3 is 3.00 bits per heavy atom. The Kier molecular flexibility index (Phi) is 5.25. The molecule has 2 heterocycles. The predicted octanol–water partition coefficient (Wildman–Crippen LogP) is 2.51. The van der Waals surface area contributed by atoms with E-state index in [1.165, 1.54) is 18.5 Å². The maximum Gasteiger partial charge on any atom is 0.254 e. The Balaban J connectivity index is 2.35. The topological polar surface area (TPSA) is 110 Å². The van der Waals surface area contributed by atoms with Crippen LogP contribution >= 0.6 is 0 Å². The molecule has 0 spiro atoms. The summed E-state index contributed by atoms with van der Waals surface area (Å²) < 4.78 is 14.7. The van der Waals surface area contributed by atoms with E-state index in [2.05, 4.69) is 21.5 Å². The normalized spacial score (nSPS) is 11.7. The van der Waals surface area contributed by atoms with Gasteiger partial charge in [-0.2, -0.15) is 14.8 Å². The molecule has 1 unspecified atom stereocenters. The van der Waals surface area contributed by atoms with Crippen molar-refractivity contribution in [2.45, 2.75) is 32.2 Å². The summed E-state index contributed by atoms with van der Waals surface area (Å²) >= 11 is 0. The molecule has 7 nitrogen and oxygen atoms in total. The number of nitrogens with two attached hydrogens (primary N) is 1. The van der Waals surface area contributed by atoms with Crippen LogP contribution in [0.5, 0.6) is 0 Å². The van der Waals surface area contributed by atoms with E-state index in [4.69, 9.17) is 11.0 Å². The van der Waals surface area contributed by atoms with Gasteiger partial charge >= 0.3 is 0 Å². The molecule has 0 radical (unpaired) electrons. The van der Waals surface area contributed by atoms with Crippen LogP contribution in [0, 0.1) is 17.3 Å². The Labute approximate surface area is 132 Å². The van der Waals surface area contributed by atoms with Gasteiger partial charge in [0, 0.05) is 24.1 Å². The average Bonchev–Trinajstić information content (AvgIpc) is 2.91. The van der Waals surface area contributed by atoms with Gasteiger partial charge in [0.15, 0.2) is 5.82 Å². The van der Waals surface area contributed by atoms with E-state index < -0.39 is 11.9 Å². The van der Waals surface area contributed by atoms with E-state index >= 15 is 0 Å². The standard InChI is InChI=1S/C15H17FN6O/c1-2-3-11(4-6-17)22-9-12(14(18)23)15(21-22)20-10-5-7-19-13(16)8-10/h5,7-9,11H,2-4H2,1H3,(H2,18,23)(H,19,20,21). The molecular weight excluding hydrogens is 299 g/mol. The molecule has 0 saturated carbocycles. The third-order valence-electron chi connectivity index (χ3n) is 3.31. The fraction of sp³-hybridized carbons (Fsp3) is 0.333.